The lowest BCUT2D eigenvalue weighted by atomic mass is 10.1. The number of aromatic nitrogens is 2. The van der Waals surface area contributed by atoms with Gasteiger partial charge in [0, 0.05) is 12.6 Å². The van der Waals surface area contributed by atoms with Gasteiger partial charge in [0.25, 0.3) is 5.56 Å². The number of likely N-dealkylation sites (N-methyl/N-ethyl adjacent to an activating group) is 1. The maximum Gasteiger partial charge on any atom is 0.338 e. The first-order valence-corrected chi connectivity index (χ1v) is 11.2. The molecule has 1 atom stereocenters. The van der Waals surface area contributed by atoms with Gasteiger partial charge in [0.1, 0.15) is 12.4 Å². The molecule has 0 bridgehead atoms. The number of ether oxygens (including phenoxy) is 1. The molecule has 1 aliphatic rings. The van der Waals surface area contributed by atoms with Crippen LogP contribution in [0.1, 0.15) is 55.0 Å². The summed E-state index contributed by atoms with van der Waals surface area (Å²) in [6.45, 7) is 9.02. The number of carbonyl (C=O) groups is 1. The SMILES string of the molecule is CCN(CC)CCOC(=O)c1ccc2nc3n(c(=O)c2c1)C(C)CC3=Cc1ccccc1. The number of hydrogen-bond acceptors (Lipinski definition) is 5. The molecule has 32 heavy (non-hydrogen) atoms. The zero-order chi connectivity index (χ0) is 22.7. The van der Waals surface area contributed by atoms with E-state index in [0.717, 1.165) is 30.6 Å². The molecule has 0 N–H and O–H groups in total. The lowest BCUT2D eigenvalue weighted by molar-refractivity contribution is 0.0466. The van der Waals surface area contributed by atoms with Crippen LogP contribution >= 0.6 is 0 Å². The minimum Gasteiger partial charge on any atom is -0.461 e. The van der Waals surface area contributed by atoms with Crippen molar-refractivity contribution in [3.05, 3.63) is 75.8 Å². The Morgan fingerprint density at radius 1 is 1.19 bits per heavy atom. The third-order valence-corrected chi connectivity index (χ3v) is 6.05. The number of fused-ring (bicyclic) bond motifs is 2. The van der Waals surface area contributed by atoms with Gasteiger partial charge >= 0.3 is 5.97 Å². The fourth-order valence-electron chi connectivity index (χ4n) is 4.23. The monoisotopic (exact) mass is 431 g/mol. The predicted octanol–water partition coefficient (Wildman–Crippen LogP) is 4.40. The Morgan fingerprint density at radius 3 is 2.66 bits per heavy atom. The van der Waals surface area contributed by atoms with Crippen LogP contribution in [-0.4, -0.2) is 46.7 Å². The number of benzene rings is 2. The van der Waals surface area contributed by atoms with Crippen molar-refractivity contribution >= 4 is 28.5 Å². The topological polar surface area (TPSA) is 64.4 Å². The van der Waals surface area contributed by atoms with Crippen LogP contribution < -0.4 is 5.56 Å². The molecule has 0 saturated carbocycles. The van der Waals surface area contributed by atoms with Crippen LogP contribution in [0.3, 0.4) is 0 Å². The van der Waals surface area contributed by atoms with E-state index in [4.69, 9.17) is 9.72 Å². The van der Waals surface area contributed by atoms with Crippen molar-refractivity contribution in [2.75, 3.05) is 26.2 Å². The van der Waals surface area contributed by atoms with Gasteiger partial charge in [-0.2, -0.15) is 0 Å². The maximum atomic E-state index is 13.3. The summed E-state index contributed by atoms with van der Waals surface area (Å²) in [6, 6.07) is 15.1. The van der Waals surface area contributed by atoms with E-state index in [2.05, 4.69) is 24.8 Å². The lowest BCUT2D eigenvalue weighted by Crippen LogP contribution is -2.28. The summed E-state index contributed by atoms with van der Waals surface area (Å²) in [7, 11) is 0. The Hall–Kier alpha value is -3.25. The van der Waals surface area contributed by atoms with Crippen molar-refractivity contribution in [3.8, 4) is 0 Å². The first-order valence-electron chi connectivity index (χ1n) is 11.2. The van der Waals surface area contributed by atoms with Crippen LogP contribution in [-0.2, 0) is 4.74 Å². The van der Waals surface area contributed by atoms with E-state index < -0.39 is 5.97 Å². The van der Waals surface area contributed by atoms with E-state index in [0.29, 0.717) is 35.4 Å². The maximum absolute atomic E-state index is 13.3. The second-order valence-corrected chi connectivity index (χ2v) is 8.14. The predicted molar refractivity (Wildman–Crippen MR) is 128 cm³/mol. The van der Waals surface area contributed by atoms with E-state index in [-0.39, 0.29) is 11.6 Å². The van der Waals surface area contributed by atoms with Crippen molar-refractivity contribution in [2.24, 2.45) is 0 Å². The highest BCUT2D eigenvalue weighted by atomic mass is 16.5. The largest absolute Gasteiger partial charge is 0.461 e. The molecule has 2 aromatic carbocycles. The van der Waals surface area contributed by atoms with E-state index >= 15 is 0 Å². The minimum atomic E-state index is -0.415. The summed E-state index contributed by atoms with van der Waals surface area (Å²) >= 11 is 0. The van der Waals surface area contributed by atoms with Gasteiger partial charge in [-0.25, -0.2) is 9.78 Å². The van der Waals surface area contributed by atoms with Crippen LogP contribution in [0.15, 0.2) is 53.3 Å². The molecule has 6 heteroatoms. The third kappa shape index (κ3) is 4.36. The first kappa shape index (κ1) is 22.0. The van der Waals surface area contributed by atoms with Crippen LogP contribution in [0.4, 0.5) is 0 Å². The molecule has 0 spiro atoms. The molecule has 6 nitrogen and oxygen atoms in total. The normalized spacial score (nSPS) is 16.6. The zero-order valence-electron chi connectivity index (χ0n) is 18.9. The lowest BCUT2D eigenvalue weighted by Gasteiger charge is -2.17. The van der Waals surface area contributed by atoms with Crippen LogP contribution in [0, 0.1) is 0 Å². The van der Waals surface area contributed by atoms with Crippen molar-refractivity contribution in [3.63, 3.8) is 0 Å². The van der Waals surface area contributed by atoms with E-state index in [1.54, 1.807) is 22.8 Å². The van der Waals surface area contributed by atoms with Crippen molar-refractivity contribution in [2.45, 2.75) is 33.2 Å². The minimum absolute atomic E-state index is 0.00837. The summed E-state index contributed by atoms with van der Waals surface area (Å²) in [5, 5.41) is 0.444. The van der Waals surface area contributed by atoms with E-state index in [1.165, 1.54) is 0 Å². The Balaban J connectivity index is 1.64. The van der Waals surface area contributed by atoms with Crippen LogP contribution in [0.25, 0.3) is 22.6 Å². The van der Waals surface area contributed by atoms with Gasteiger partial charge in [-0.3, -0.25) is 9.36 Å². The first-order chi connectivity index (χ1) is 15.5. The Bertz CT molecular complexity index is 1210. The average molecular weight is 432 g/mol. The molecule has 0 aliphatic carbocycles. The van der Waals surface area contributed by atoms with Gasteiger partial charge in [0.05, 0.1) is 16.5 Å². The molecule has 1 unspecified atom stereocenters. The zero-order valence-corrected chi connectivity index (χ0v) is 18.9. The Morgan fingerprint density at radius 2 is 1.94 bits per heavy atom. The van der Waals surface area contributed by atoms with Gasteiger partial charge in [-0.15, -0.1) is 0 Å². The van der Waals surface area contributed by atoms with Crippen molar-refractivity contribution in [1.29, 1.82) is 0 Å². The summed E-state index contributed by atoms with van der Waals surface area (Å²) in [4.78, 5) is 32.8. The molecular formula is C26H29N3O3. The molecule has 0 saturated heterocycles. The average Bonchev–Trinajstić information content (AvgIpc) is 3.12. The molecule has 0 amide bonds. The number of carbonyl (C=O) groups excluding carboxylic acids is 1. The van der Waals surface area contributed by atoms with E-state index in [1.807, 2.05) is 37.3 Å². The number of nitrogens with zero attached hydrogens (tertiary/aromatic N) is 3. The van der Waals surface area contributed by atoms with Crippen molar-refractivity contribution < 1.29 is 9.53 Å². The second-order valence-electron chi connectivity index (χ2n) is 8.14. The highest BCUT2D eigenvalue weighted by Crippen LogP contribution is 2.34. The summed E-state index contributed by atoms with van der Waals surface area (Å²) in [5.74, 6) is 0.287. The highest BCUT2D eigenvalue weighted by Gasteiger charge is 2.27. The molecular weight excluding hydrogens is 402 g/mol. The standard InChI is InChI=1S/C26H29N3O3/c1-4-28(5-2)13-14-32-26(31)20-11-12-23-22(17-20)25(30)29-18(3)15-21(24(29)27-23)16-19-9-7-6-8-10-19/h6-12,16-18H,4-5,13-15H2,1-3H3. The van der Waals surface area contributed by atoms with Crippen molar-refractivity contribution in [1.82, 2.24) is 14.5 Å². The summed E-state index contributed by atoms with van der Waals surface area (Å²) in [5.41, 5.74) is 2.98. The second kappa shape index (κ2) is 9.49. The smallest absolute Gasteiger partial charge is 0.338 e. The van der Waals surface area contributed by atoms with Gasteiger partial charge < -0.3 is 9.64 Å². The fraction of sp³-hybridized carbons (Fsp3) is 0.346. The Labute approximate surface area is 188 Å². The van der Waals surface area contributed by atoms with E-state index in [9.17, 15) is 9.59 Å². The van der Waals surface area contributed by atoms with Gasteiger partial charge in [0.15, 0.2) is 0 Å². The molecule has 1 aliphatic heterocycles. The van der Waals surface area contributed by atoms with Gasteiger partial charge in [0.2, 0.25) is 0 Å². The molecule has 0 radical (unpaired) electrons. The number of rotatable bonds is 7. The summed E-state index contributed by atoms with van der Waals surface area (Å²) in [6.07, 6.45) is 2.84. The van der Waals surface area contributed by atoms with Crippen LogP contribution in [0.5, 0.6) is 0 Å². The Kier molecular flexibility index (Phi) is 6.51. The quantitative estimate of drug-likeness (QED) is 0.519. The number of allylic oxidation sites excluding steroid dienone is 1. The number of esters is 1. The molecule has 0 fully saturated rings. The van der Waals surface area contributed by atoms with Gasteiger partial charge in [-0.05, 0) is 61.8 Å². The van der Waals surface area contributed by atoms with Crippen LogP contribution in [0.2, 0.25) is 0 Å². The van der Waals surface area contributed by atoms with Gasteiger partial charge in [-0.1, -0.05) is 44.2 Å². The fourth-order valence-corrected chi connectivity index (χ4v) is 4.23. The third-order valence-electron chi connectivity index (χ3n) is 6.05. The number of hydrogen-bond donors (Lipinski definition) is 0. The molecule has 2 heterocycles. The summed E-state index contributed by atoms with van der Waals surface area (Å²) < 4.78 is 7.17. The highest BCUT2D eigenvalue weighted by molar-refractivity contribution is 5.94. The molecule has 166 valence electrons. The molecule has 3 aromatic rings. The molecule has 4 rings (SSSR count). The molecule has 1 aromatic heterocycles.